The zero-order chi connectivity index (χ0) is 13.3. The van der Waals surface area contributed by atoms with Gasteiger partial charge in [-0.2, -0.15) is 0 Å². The van der Waals surface area contributed by atoms with Gasteiger partial charge in [-0.15, -0.1) is 0 Å². The maximum atomic E-state index is 13.0. The van der Waals surface area contributed by atoms with E-state index in [9.17, 15) is 17.2 Å². The Labute approximate surface area is 101 Å². The van der Waals surface area contributed by atoms with Gasteiger partial charge in [0.05, 0.1) is 4.90 Å². The number of aryl methyl sites for hydroxylation is 1. The standard InChI is InChI=1S/C10H8F2N2O3S/c1-6-4-10(13-17-6)14-18(15,16)7-2-3-8(11)9(12)5-7/h2-5H,1H3,(H,13,14). The van der Waals surface area contributed by atoms with E-state index in [1.807, 2.05) is 0 Å². The zero-order valence-electron chi connectivity index (χ0n) is 9.15. The molecule has 0 bridgehead atoms. The van der Waals surface area contributed by atoms with E-state index in [2.05, 4.69) is 14.4 Å². The van der Waals surface area contributed by atoms with E-state index < -0.39 is 26.6 Å². The summed E-state index contributed by atoms with van der Waals surface area (Å²) in [6.07, 6.45) is 0. The molecule has 1 N–H and O–H groups in total. The van der Waals surface area contributed by atoms with Crippen molar-refractivity contribution in [3.63, 3.8) is 0 Å². The second-order valence-electron chi connectivity index (χ2n) is 3.50. The predicted octanol–water partition coefficient (Wildman–Crippen LogP) is 2.06. The number of hydrogen-bond acceptors (Lipinski definition) is 4. The van der Waals surface area contributed by atoms with E-state index in [0.717, 1.165) is 12.1 Å². The number of aromatic nitrogens is 1. The number of benzene rings is 1. The van der Waals surface area contributed by atoms with Crippen LogP contribution < -0.4 is 4.72 Å². The van der Waals surface area contributed by atoms with Crippen molar-refractivity contribution in [2.24, 2.45) is 0 Å². The Morgan fingerprint density at radius 1 is 1.22 bits per heavy atom. The highest BCUT2D eigenvalue weighted by Crippen LogP contribution is 2.17. The summed E-state index contributed by atoms with van der Waals surface area (Å²) in [6.45, 7) is 1.59. The van der Waals surface area contributed by atoms with Crippen molar-refractivity contribution in [2.45, 2.75) is 11.8 Å². The molecular weight excluding hydrogens is 266 g/mol. The third-order valence-electron chi connectivity index (χ3n) is 2.07. The van der Waals surface area contributed by atoms with Gasteiger partial charge in [0, 0.05) is 6.07 Å². The molecule has 2 aromatic rings. The summed E-state index contributed by atoms with van der Waals surface area (Å²) >= 11 is 0. The number of rotatable bonds is 3. The summed E-state index contributed by atoms with van der Waals surface area (Å²) in [5.74, 6) is -1.98. The van der Waals surface area contributed by atoms with Crippen molar-refractivity contribution in [1.29, 1.82) is 0 Å². The van der Waals surface area contributed by atoms with E-state index in [4.69, 9.17) is 0 Å². The van der Waals surface area contributed by atoms with Crippen LogP contribution in [0.15, 0.2) is 33.7 Å². The van der Waals surface area contributed by atoms with Crippen LogP contribution in [0.1, 0.15) is 5.76 Å². The summed E-state index contributed by atoms with van der Waals surface area (Å²) in [6, 6.07) is 3.63. The maximum absolute atomic E-state index is 13.0. The fraction of sp³-hybridized carbons (Fsp3) is 0.100. The first kappa shape index (κ1) is 12.5. The minimum Gasteiger partial charge on any atom is -0.360 e. The first-order valence-electron chi connectivity index (χ1n) is 4.80. The molecule has 1 aromatic carbocycles. The number of nitrogens with one attached hydrogen (secondary N) is 1. The van der Waals surface area contributed by atoms with E-state index in [-0.39, 0.29) is 5.82 Å². The Hall–Kier alpha value is -1.96. The Morgan fingerprint density at radius 3 is 2.50 bits per heavy atom. The van der Waals surface area contributed by atoms with Gasteiger partial charge in [0.2, 0.25) is 0 Å². The molecule has 18 heavy (non-hydrogen) atoms. The quantitative estimate of drug-likeness (QED) is 0.929. The van der Waals surface area contributed by atoms with Crippen LogP contribution in [0.3, 0.4) is 0 Å². The van der Waals surface area contributed by atoms with Crippen LogP contribution in [-0.2, 0) is 10.0 Å². The van der Waals surface area contributed by atoms with Crippen LogP contribution in [0.2, 0.25) is 0 Å². The van der Waals surface area contributed by atoms with Crippen LogP contribution in [0.25, 0.3) is 0 Å². The molecule has 0 aliphatic rings. The van der Waals surface area contributed by atoms with Gasteiger partial charge in [-0.25, -0.2) is 17.2 Å². The lowest BCUT2D eigenvalue weighted by molar-refractivity contribution is 0.400. The van der Waals surface area contributed by atoms with Gasteiger partial charge >= 0.3 is 0 Å². The third-order valence-corrected chi connectivity index (χ3v) is 3.42. The summed E-state index contributed by atoms with van der Waals surface area (Å²) in [4.78, 5) is -0.401. The Balaban J connectivity index is 2.33. The molecule has 0 saturated carbocycles. The minimum absolute atomic E-state index is 0.0303. The number of sulfonamides is 1. The predicted molar refractivity (Wildman–Crippen MR) is 58.4 cm³/mol. The molecule has 0 unspecified atom stereocenters. The molecule has 8 heteroatoms. The highest BCUT2D eigenvalue weighted by Gasteiger charge is 2.18. The van der Waals surface area contributed by atoms with Crippen LogP contribution in [0, 0.1) is 18.6 Å². The van der Waals surface area contributed by atoms with E-state index in [1.54, 1.807) is 6.92 Å². The van der Waals surface area contributed by atoms with Crippen LogP contribution in [0.4, 0.5) is 14.6 Å². The average Bonchev–Trinajstić information content (AvgIpc) is 2.67. The van der Waals surface area contributed by atoms with Gasteiger partial charge in [0.25, 0.3) is 10.0 Å². The van der Waals surface area contributed by atoms with Crippen molar-refractivity contribution in [3.05, 3.63) is 41.7 Å². The van der Waals surface area contributed by atoms with E-state index in [1.165, 1.54) is 6.07 Å². The average molecular weight is 274 g/mol. The van der Waals surface area contributed by atoms with Crippen molar-refractivity contribution in [1.82, 2.24) is 5.16 Å². The van der Waals surface area contributed by atoms with Gasteiger partial charge in [0.15, 0.2) is 17.5 Å². The molecule has 5 nitrogen and oxygen atoms in total. The molecule has 1 aromatic heterocycles. The zero-order valence-corrected chi connectivity index (χ0v) is 9.96. The molecule has 0 atom stereocenters. The Morgan fingerprint density at radius 2 is 1.94 bits per heavy atom. The number of hydrogen-bond donors (Lipinski definition) is 1. The van der Waals surface area contributed by atoms with Crippen molar-refractivity contribution >= 4 is 15.8 Å². The number of nitrogens with zero attached hydrogens (tertiary/aromatic N) is 1. The molecule has 0 fully saturated rings. The lowest BCUT2D eigenvalue weighted by Crippen LogP contribution is -2.13. The maximum Gasteiger partial charge on any atom is 0.263 e. The summed E-state index contributed by atoms with van der Waals surface area (Å²) in [5, 5.41) is 3.43. The second kappa shape index (κ2) is 4.37. The van der Waals surface area contributed by atoms with Gasteiger partial charge < -0.3 is 4.52 Å². The van der Waals surface area contributed by atoms with Gasteiger partial charge in [0.1, 0.15) is 5.76 Å². The van der Waals surface area contributed by atoms with Gasteiger partial charge in [-0.05, 0) is 25.1 Å². The lowest BCUT2D eigenvalue weighted by atomic mass is 10.3. The molecule has 0 amide bonds. The highest BCUT2D eigenvalue weighted by atomic mass is 32.2. The SMILES string of the molecule is Cc1cc(NS(=O)(=O)c2ccc(F)c(F)c2)no1. The Kier molecular flexibility index (Phi) is 3.04. The van der Waals surface area contributed by atoms with Gasteiger partial charge in [-0.3, -0.25) is 4.72 Å². The largest absolute Gasteiger partial charge is 0.360 e. The molecule has 2 rings (SSSR count). The van der Waals surface area contributed by atoms with Crippen molar-refractivity contribution in [2.75, 3.05) is 4.72 Å². The van der Waals surface area contributed by atoms with Crippen molar-refractivity contribution < 1.29 is 21.7 Å². The molecule has 96 valence electrons. The van der Waals surface area contributed by atoms with Crippen LogP contribution in [-0.4, -0.2) is 13.6 Å². The van der Waals surface area contributed by atoms with E-state index >= 15 is 0 Å². The van der Waals surface area contributed by atoms with Crippen molar-refractivity contribution in [3.8, 4) is 0 Å². The third kappa shape index (κ3) is 2.48. The fourth-order valence-electron chi connectivity index (χ4n) is 1.26. The molecule has 0 radical (unpaired) electrons. The van der Waals surface area contributed by atoms with Crippen LogP contribution >= 0.6 is 0 Å². The lowest BCUT2D eigenvalue weighted by Gasteiger charge is -2.04. The number of anilines is 1. The summed E-state index contributed by atoms with van der Waals surface area (Å²) < 4.78 is 56.0. The second-order valence-corrected chi connectivity index (χ2v) is 5.19. The summed E-state index contributed by atoms with van der Waals surface area (Å²) in [7, 11) is -4.02. The summed E-state index contributed by atoms with van der Waals surface area (Å²) in [5.41, 5.74) is 0. The first-order chi connectivity index (χ1) is 8.38. The van der Waals surface area contributed by atoms with E-state index in [0.29, 0.717) is 11.8 Å². The topological polar surface area (TPSA) is 72.2 Å². The molecule has 1 heterocycles. The number of halogens is 2. The molecule has 0 aliphatic heterocycles. The normalized spacial score (nSPS) is 11.5. The van der Waals surface area contributed by atoms with Crippen LogP contribution in [0.5, 0.6) is 0 Å². The smallest absolute Gasteiger partial charge is 0.263 e. The van der Waals surface area contributed by atoms with Gasteiger partial charge in [-0.1, -0.05) is 5.16 Å². The molecule has 0 saturated heterocycles. The Bertz CT molecular complexity index is 682. The molecule has 0 spiro atoms. The highest BCUT2D eigenvalue weighted by molar-refractivity contribution is 7.92. The first-order valence-corrected chi connectivity index (χ1v) is 6.28. The molecule has 0 aliphatic carbocycles. The minimum atomic E-state index is -4.02. The fourth-order valence-corrected chi connectivity index (χ4v) is 2.25. The molecular formula is C10H8F2N2O3S. The monoisotopic (exact) mass is 274 g/mol.